The molecule has 2 rings (SSSR count). The van der Waals surface area contributed by atoms with Crippen molar-refractivity contribution in [3.8, 4) is 0 Å². The summed E-state index contributed by atoms with van der Waals surface area (Å²) in [6.07, 6.45) is 4.37. The van der Waals surface area contributed by atoms with Crippen molar-refractivity contribution in [3.63, 3.8) is 0 Å². The number of nitrogens with two attached hydrogens (primary N) is 1. The number of benzene rings is 2. The maximum atomic E-state index is 5.72. The minimum absolute atomic E-state index is 0.214. The van der Waals surface area contributed by atoms with Crippen LogP contribution in [0.15, 0.2) is 54.6 Å². The van der Waals surface area contributed by atoms with Gasteiger partial charge in [-0.1, -0.05) is 67.9 Å². The Balaban J connectivity index is 1.97. The van der Waals surface area contributed by atoms with E-state index in [1.54, 1.807) is 0 Å². The molecule has 20 heavy (non-hydrogen) atoms. The van der Waals surface area contributed by atoms with Crippen LogP contribution in [-0.2, 0) is 12.8 Å². The molecule has 0 radical (unpaired) electrons. The number of rotatable bonds is 7. The monoisotopic (exact) mass is 268 g/mol. The lowest BCUT2D eigenvalue weighted by Crippen LogP contribution is -2.28. The van der Waals surface area contributed by atoms with E-state index in [2.05, 4.69) is 66.9 Å². The summed E-state index contributed by atoms with van der Waals surface area (Å²) in [5.41, 5.74) is 6.96. The van der Waals surface area contributed by atoms with Crippen LogP contribution in [0, 0.1) is 0 Å². The topological polar surface area (TPSA) is 38.0 Å². The SMILES string of the molecule is CCCc1ccc(C(CCc2ccccc2)NN)cc1. The Kier molecular flexibility index (Phi) is 5.78. The van der Waals surface area contributed by atoms with Crippen LogP contribution in [0.3, 0.4) is 0 Å². The summed E-state index contributed by atoms with van der Waals surface area (Å²) >= 11 is 0. The third-order valence-corrected chi connectivity index (χ3v) is 3.69. The van der Waals surface area contributed by atoms with Gasteiger partial charge in [0.1, 0.15) is 0 Å². The van der Waals surface area contributed by atoms with Gasteiger partial charge in [-0.2, -0.15) is 0 Å². The summed E-state index contributed by atoms with van der Waals surface area (Å²) in [4.78, 5) is 0. The first-order valence-electron chi connectivity index (χ1n) is 7.42. The Morgan fingerprint density at radius 1 is 0.900 bits per heavy atom. The van der Waals surface area contributed by atoms with Gasteiger partial charge in [-0.25, -0.2) is 0 Å². The molecular formula is C18H24N2. The van der Waals surface area contributed by atoms with Gasteiger partial charge in [-0.15, -0.1) is 0 Å². The maximum absolute atomic E-state index is 5.72. The van der Waals surface area contributed by atoms with Crippen molar-refractivity contribution in [1.29, 1.82) is 0 Å². The van der Waals surface area contributed by atoms with E-state index in [0.717, 1.165) is 19.3 Å². The third-order valence-electron chi connectivity index (χ3n) is 3.69. The van der Waals surface area contributed by atoms with E-state index in [1.165, 1.54) is 23.1 Å². The van der Waals surface area contributed by atoms with E-state index < -0.39 is 0 Å². The highest BCUT2D eigenvalue weighted by Crippen LogP contribution is 2.19. The average molecular weight is 268 g/mol. The zero-order valence-corrected chi connectivity index (χ0v) is 12.2. The number of hydrogen-bond donors (Lipinski definition) is 2. The largest absolute Gasteiger partial charge is 0.271 e. The molecule has 1 unspecified atom stereocenters. The highest BCUT2D eigenvalue weighted by Gasteiger charge is 2.09. The van der Waals surface area contributed by atoms with E-state index in [0.29, 0.717) is 0 Å². The second-order valence-electron chi connectivity index (χ2n) is 5.24. The van der Waals surface area contributed by atoms with Gasteiger partial charge in [-0.05, 0) is 36.0 Å². The molecular weight excluding hydrogens is 244 g/mol. The first-order valence-corrected chi connectivity index (χ1v) is 7.42. The van der Waals surface area contributed by atoms with Gasteiger partial charge in [0, 0.05) is 6.04 Å². The van der Waals surface area contributed by atoms with Gasteiger partial charge in [0.25, 0.3) is 0 Å². The Labute approximate surface area is 122 Å². The Hall–Kier alpha value is -1.64. The molecule has 0 saturated heterocycles. The van der Waals surface area contributed by atoms with Gasteiger partial charge in [-0.3, -0.25) is 11.3 Å². The van der Waals surface area contributed by atoms with Crippen molar-refractivity contribution in [2.75, 3.05) is 0 Å². The number of nitrogens with one attached hydrogen (secondary N) is 1. The van der Waals surface area contributed by atoms with Crippen LogP contribution < -0.4 is 11.3 Å². The predicted octanol–water partition coefficient (Wildman–Crippen LogP) is 3.78. The van der Waals surface area contributed by atoms with E-state index >= 15 is 0 Å². The molecule has 0 saturated carbocycles. The summed E-state index contributed by atoms with van der Waals surface area (Å²) in [7, 11) is 0. The quantitative estimate of drug-likeness (QED) is 0.592. The van der Waals surface area contributed by atoms with Gasteiger partial charge in [0.05, 0.1) is 0 Å². The molecule has 0 fully saturated rings. The summed E-state index contributed by atoms with van der Waals surface area (Å²) in [6, 6.07) is 19.6. The lowest BCUT2D eigenvalue weighted by molar-refractivity contribution is 0.516. The van der Waals surface area contributed by atoms with Crippen molar-refractivity contribution in [3.05, 3.63) is 71.3 Å². The summed E-state index contributed by atoms with van der Waals surface area (Å²) in [5, 5.41) is 0. The first-order chi connectivity index (χ1) is 9.83. The number of hydrogen-bond acceptors (Lipinski definition) is 2. The van der Waals surface area contributed by atoms with Crippen LogP contribution in [0.4, 0.5) is 0 Å². The van der Waals surface area contributed by atoms with Crippen LogP contribution in [0.1, 0.15) is 42.5 Å². The second kappa shape index (κ2) is 7.83. The van der Waals surface area contributed by atoms with E-state index in [1.807, 2.05) is 0 Å². The molecule has 2 nitrogen and oxygen atoms in total. The van der Waals surface area contributed by atoms with Gasteiger partial charge >= 0.3 is 0 Å². The predicted molar refractivity (Wildman–Crippen MR) is 85.3 cm³/mol. The highest BCUT2D eigenvalue weighted by molar-refractivity contribution is 5.25. The molecule has 0 aliphatic heterocycles. The fourth-order valence-corrected chi connectivity index (χ4v) is 2.51. The molecule has 0 aliphatic carbocycles. The Morgan fingerprint density at radius 3 is 2.15 bits per heavy atom. The zero-order chi connectivity index (χ0) is 14.2. The molecule has 2 aromatic carbocycles. The third kappa shape index (κ3) is 4.19. The van der Waals surface area contributed by atoms with Crippen LogP contribution in [-0.4, -0.2) is 0 Å². The van der Waals surface area contributed by atoms with Crippen molar-refractivity contribution >= 4 is 0 Å². The van der Waals surface area contributed by atoms with Crippen molar-refractivity contribution < 1.29 is 0 Å². The zero-order valence-electron chi connectivity index (χ0n) is 12.2. The minimum Gasteiger partial charge on any atom is -0.271 e. The Morgan fingerprint density at radius 2 is 1.55 bits per heavy atom. The molecule has 106 valence electrons. The average Bonchev–Trinajstić information content (AvgIpc) is 2.51. The van der Waals surface area contributed by atoms with Gasteiger partial charge in [0.15, 0.2) is 0 Å². The van der Waals surface area contributed by atoms with Crippen LogP contribution >= 0.6 is 0 Å². The molecule has 0 spiro atoms. The van der Waals surface area contributed by atoms with Crippen molar-refractivity contribution in [1.82, 2.24) is 5.43 Å². The van der Waals surface area contributed by atoms with E-state index in [9.17, 15) is 0 Å². The number of aryl methyl sites for hydroxylation is 2. The molecule has 0 heterocycles. The second-order valence-corrected chi connectivity index (χ2v) is 5.24. The molecule has 0 aliphatic rings. The lowest BCUT2D eigenvalue weighted by Gasteiger charge is -2.17. The summed E-state index contributed by atoms with van der Waals surface area (Å²) < 4.78 is 0. The molecule has 0 aromatic heterocycles. The molecule has 2 aromatic rings. The molecule has 0 amide bonds. The molecule has 2 heteroatoms. The lowest BCUT2D eigenvalue weighted by atomic mass is 9.98. The van der Waals surface area contributed by atoms with Crippen LogP contribution in [0.2, 0.25) is 0 Å². The standard InChI is InChI=1S/C18H24N2/c1-2-6-15-9-12-17(13-10-15)18(20-19)14-11-16-7-4-3-5-8-16/h3-5,7-10,12-13,18,20H,2,6,11,14,19H2,1H3. The Bertz CT molecular complexity index is 491. The minimum atomic E-state index is 0.214. The smallest absolute Gasteiger partial charge is 0.0463 e. The fraction of sp³-hybridized carbons (Fsp3) is 0.333. The molecule has 3 N–H and O–H groups in total. The number of hydrazine groups is 1. The van der Waals surface area contributed by atoms with Crippen molar-refractivity contribution in [2.24, 2.45) is 5.84 Å². The maximum Gasteiger partial charge on any atom is 0.0463 e. The summed E-state index contributed by atoms with van der Waals surface area (Å²) in [5.74, 6) is 5.72. The fourth-order valence-electron chi connectivity index (χ4n) is 2.51. The molecule has 0 bridgehead atoms. The van der Waals surface area contributed by atoms with E-state index in [-0.39, 0.29) is 6.04 Å². The first kappa shape index (κ1) is 14.8. The van der Waals surface area contributed by atoms with Crippen LogP contribution in [0.25, 0.3) is 0 Å². The highest BCUT2D eigenvalue weighted by atomic mass is 15.2. The summed E-state index contributed by atoms with van der Waals surface area (Å²) in [6.45, 7) is 2.21. The van der Waals surface area contributed by atoms with Crippen LogP contribution in [0.5, 0.6) is 0 Å². The van der Waals surface area contributed by atoms with Gasteiger partial charge < -0.3 is 0 Å². The van der Waals surface area contributed by atoms with Gasteiger partial charge in [0.2, 0.25) is 0 Å². The molecule has 1 atom stereocenters. The van der Waals surface area contributed by atoms with E-state index in [4.69, 9.17) is 5.84 Å². The van der Waals surface area contributed by atoms with Crippen molar-refractivity contribution in [2.45, 2.75) is 38.6 Å². The normalized spacial score (nSPS) is 12.3.